The van der Waals surface area contributed by atoms with Crippen molar-refractivity contribution in [3.05, 3.63) is 52.6 Å². The first-order valence-corrected chi connectivity index (χ1v) is 6.13. The minimum atomic E-state index is -0.745. The van der Waals surface area contributed by atoms with Crippen molar-refractivity contribution in [1.29, 1.82) is 0 Å². The van der Waals surface area contributed by atoms with Gasteiger partial charge in [0.1, 0.15) is 11.9 Å². The van der Waals surface area contributed by atoms with Crippen LogP contribution in [-0.4, -0.2) is 14.9 Å². The Kier molecular flexibility index (Phi) is 3.99. The lowest BCUT2D eigenvalue weighted by atomic mass is 10.1. The third-order valence-electron chi connectivity index (χ3n) is 2.79. The molecule has 1 atom stereocenters. The van der Waals surface area contributed by atoms with Gasteiger partial charge in [0.05, 0.1) is 16.9 Å². The van der Waals surface area contributed by atoms with Crippen LogP contribution in [0, 0.1) is 5.82 Å². The molecule has 0 bridgehead atoms. The Balaban J connectivity index is 2.18. The molecule has 0 aliphatic heterocycles. The number of aromatic nitrogens is 2. The van der Waals surface area contributed by atoms with E-state index in [1.807, 2.05) is 6.92 Å². The van der Waals surface area contributed by atoms with Gasteiger partial charge in [-0.15, -0.1) is 0 Å². The maximum Gasteiger partial charge on any atom is 0.123 e. The van der Waals surface area contributed by atoms with Crippen molar-refractivity contribution in [2.24, 2.45) is 0 Å². The lowest BCUT2D eigenvalue weighted by molar-refractivity contribution is 0.167. The fourth-order valence-corrected chi connectivity index (χ4v) is 2.16. The molecule has 1 aromatic carbocycles. The molecule has 2 rings (SSSR count). The predicted octanol–water partition coefficient (Wildman–Crippen LogP) is 2.97. The smallest absolute Gasteiger partial charge is 0.123 e. The maximum absolute atomic E-state index is 12.8. The normalized spacial score (nSPS) is 12.7. The van der Waals surface area contributed by atoms with Gasteiger partial charge in [-0.05, 0) is 24.6 Å². The van der Waals surface area contributed by atoms with Crippen LogP contribution < -0.4 is 0 Å². The number of rotatable bonds is 4. The maximum atomic E-state index is 12.8. The predicted molar refractivity (Wildman–Crippen MR) is 68.0 cm³/mol. The number of aryl methyl sites for hydroxylation is 1. The zero-order chi connectivity index (χ0) is 13.1. The Hall–Kier alpha value is -1.39. The number of hydrogen-bond acceptors (Lipinski definition) is 2. The van der Waals surface area contributed by atoms with Crippen molar-refractivity contribution in [2.45, 2.75) is 26.0 Å². The van der Waals surface area contributed by atoms with E-state index in [2.05, 4.69) is 5.10 Å². The van der Waals surface area contributed by atoms with Crippen molar-refractivity contribution in [2.75, 3.05) is 0 Å². The number of aliphatic hydroxyl groups is 1. The summed E-state index contributed by atoms with van der Waals surface area (Å²) < 4.78 is 14.4. The van der Waals surface area contributed by atoms with Crippen LogP contribution in [0.25, 0.3) is 0 Å². The zero-order valence-corrected chi connectivity index (χ0v) is 10.7. The summed E-state index contributed by atoms with van der Waals surface area (Å²) in [5, 5.41) is 14.7. The number of halogens is 2. The Morgan fingerprint density at radius 3 is 2.67 bits per heavy atom. The molecular formula is C13H14ClFN2O. The van der Waals surface area contributed by atoms with Crippen LogP contribution in [0.3, 0.4) is 0 Å². The van der Waals surface area contributed by atoms with Gasteiger partial charge < -0.3 is 5.11 Å². The van der Waals surface area contributed by atoms with Gasteiger partial charge in [0, 0.05) is 13.0 Å². The molecule has 0 saturated heterocycles. The molecule has 96 valence electrons. The van der Waals surface area contributed by atoms with Gasteiger partial charge >= 0.3 is 0 Å². The average molecular weight is 269 g/mol. The average Bonchev–Trinajstić information content (AvgIpc) is 2.73. The molecule has 1 aromatic heterocycles. The van der Waals surface area contributed by atoms with Crippen LogP contribution in [0.5, 0.6) is 0 Å². The summed E-state index contributed by atoms with van der Waals surface area (Å²) >= 11 is 6.01. The van der Waals surface area contributed by atoms with Gasteiger partial charge in [-0.1, -0.05) is 23.7 Å². The van der Waals surface area contributed by atoms with Gasteiger partial charge in [-0.25, -0.2) is 4.39 Å². The molecule has 0 aliphatic rings. The van der Waals surface area contributed by atoms with E-state index in [1.165, 1.54) is 18.3 Å². The van der Waals surface area contributed by atoms with Gasteiger partial charge in [0.2, 0.25) is 0 Å². The highest BCUT2D eigenvalue weighted by Crippen LogP contribution is 2.25. The number of hydrogen-bond donors (Lipinski definition) is 1. The minimum absolute atomic E-state index is 0.287. The van der Waals surface area contributed by atoms with E-state index in [-0.39, 0.29) is 5.82 Å². The summed E-state index contributed by atoms with van der Waals surface area (Å²) in [6, 6.07) is 6.06. The molecule has 0 spiro atoms. The van der Waals surface area contributed by atoms with Gasteiger partial charge in [-0.3, -0.25) is 4.68 Å². The van der Waals surface area contributed by atoms with E-state index in [9.17, 15) is 9.50 Å². The lowest BCUT2D eigenvalue weighted by Gasteiger charge is -2.13. The van der Waals surface area contributed by atoms with E-state index < -0.39 is 6.10 Å². The molecule has 1 unspecified atom stereocenters. The Morgan fingerprint density at radius 1 is 1.39 bits per heavy atom. The SMILES string of the molecule is CCn1ncc(Cl)c1C(O)Cc1ccc(F)cc1. The first-order valence-electron chi connectivity index (χ1n) is 5.75. The molecule has 1 heterocycles. The Morgan fingerprint density at radius 2 is 2.06 bits per heavy atom. The molecule has 0 aliphatic carbocycles. The monoisotopic (exact) mass is 268 g/mol. The van der Waals surface area contributed by atoms with E-state index in [0.717, 1.165) is 5.56 Å². The van der Waals surface area contributed by atoms with Crippen molar-refractivity contribution in [1.82, 2.24) is 9.78 Å². The molecule has 1 N–H and O–H groups in total. The molecule has 0 amide bonds. The minimum Gasteiger partial charge on any atom is -0.386 e. The fourth-order valence-electron chi connectivity index (χ4n) is 1.90. The summed E-state index contributed by atoms with van der Waals surface area (Å²) in [5.74, 6) is -0.287. The van der Waals surface area contributed by atoms with Crippen molar-refractivity contribution in [3.63, 3.8) is 0 Å². The molecule has 0 radical (unpaired) electrons. The summed E-state index contributed by atoms with van der Waals surface area (Å²) in [4.78, 5) is 0. The van der Waals surface area contributed by atoms with Crippen LogP contribution in [-0.2, 0) is 13.0 Å². The van der Waals surface area contributed by atoms with Gasteiger partial charge in [0.25, 0.3) is 0 Å². The van der Waals surface area contributed by atoms with E-state index >= 15 is 0 Å². The molecule has 2 aromatic rings. The van der Waals surface area contributed by atoms with Crippen molar-refractivity contribution in [3.8, 4) is 0 Å². The van der Waals surface area contributed by atoms with Crippen LogP contribution in [0.1, 0.15) is 24.3 Å². The highest BCUT2D eigenvalue weighted by molar-refractivity contribution is 6.31. The quantitative estimate of drug-likeness (QED) is 0.926. The largest absolute Gasteiger partial charge is 0.386 e. The first-order chi connectivity index (χ1) is 8.61. The second-order valence-corrected chi connectivity index (χ2v) is 4.45. The highest BCUT2D eigenvalue weighted by Gasteiger charge is 2.17. The molecular weight excluding hydrogens is 255 g/mol. The first kappa shape index (κ1) is 13.1. The third kappa shape index (κ3) is 2.71. The van der Waals surface area contributed by atoms with E-state index in [1.54, 1.807) is 16.8 Å². The fraction of sp³-hybridized carbons (Fsp3) is 0.308. The lowest BCUT2D eigenvalue weighted by Crippen LogP contribution is -2.10. The summed E-state index contributed by atoms with van der Waals surface area (Å²) in [6.07, 6.45) is 1.16. The molecule has 0 saturated carbocycles. The summed E-state index contributed by atoms with van der Waals surface area (Å²) in [7, 11) is 0. The number of benzene rings is 1. The summed E-state index contributed by atoms with van der Waals surface area (Å²) in [6.45, 7) is 2.57. The molecule has 18 heavy (non-hydrogen) atoms. The van der Waals surface area contributed by atoms with E-state index in [4.69, 9.17) is 11.6 Å². The highest BCUT2D eigenvalue weighted by atomic mass is 35.5. The summed E-state index contributed by atoms with van der Waals surface area (Å²) in [5.41, 5.74) is 1.45. The zero-order valence-electron chi connectivity index (χ0n) is 9.98. The second-order valence-electron chi connectivity index (χ2n) is 4.04. The number of nitrogens with zero attached hydrogens (tertiary/aromatic N) is 2. The Labute approximate surface area is 110 Å². The topological polar surface area (TPSA) is 38.0 Å². The Bertz CT molecular complexity index is 524. The third-order valence-corrected chi connectivity index (χ3v) is 3.08. The standard InChI is InChI=1S/C13H14ClFN2O/c1-2-17-13(11(14)8-16-17)12(18)7-9-3-5-10(15)6-4-9/h3-6,8,12,18H,2,7H2,1H3. The van der Waals surface area contributed by atoms with Crippen LogP contribution >= 0.6 is 11.6 Å². The van der Waals surface area contributed by atoms with Crippen molar-refractivity contribution < 1.29 is 9.50 Å². The molecule has 5 heteroatoms. The van der Waals surface area contributed by atoms with Crippen LogP contribution in [0.4, 0.5) is 4.39 Å². The number of aliphatic hydroxyl groups excluding tert-OH is 1. The van der Waals surface area contributed by atoms with Crippen LogP contribution in [0.2, 0.25) is 5.02 Å². The van der Waals surface area contributed by atoms with Gasteiger partial charge in [-0.2, -0.15) is 5.10 Å². The van der Waals surface area contributed by atoms with Crippen molar-refractivity contribution >= 4 is 11.6 Å². The molecule has 0 fully saturated rings. The van der Waals surface area contributed by atoms with Crippen LogP contribution in [0.15, 0.2) is 30.5 Å². The molecule has 3 nitrogen and oxygen atoms in total. The van der Waals surface area contributed by atoms with Gasteiger partial charge in [0.15, 0.2) is 0 Å². The van der Waals surface area contributed by atoms with E-state index in [0.29, 0.717) is 23.7 Å². The second kappa shape index (κ2) is 5.50.